The molecule has 0 rings (SSSR count). The molecule has 0 saturated heterocycles. The van der Waals surface area contributed by atoms with Crippen molar-refractivity contribution in [1.82, 2.24) is 9.80 Å². The van der Waals surface area contributed by atoms with Gasteiger partial charge in [-0.2, -0.15) is 0 Å². The first-order valence-electron chi connectivity index (χ1n) is 11.4. The summed E-state index contributed by atoms with van der Waals surface area (Å²) in [6.45, 7) is 12.0. The number of hydrogen-bond acceptors (Lipinski definition) is 5. The van der Waals surface area contributed by atoms with Gasteiger partial charge in [-0.1, -0.05) is 66.7 Å². The first kappa shape index (κ1) is 28.2. The lowest BCUT2D eigenvalue weighted by atomic mass is 9.98. The molecule has 0 aromatic carbocycles. The van der Waals surface area contributed by atoms with Gasteiger partial charge in [-0.25, -0.2) is 9.59 Å². The van der Waals surface area contributed by atoms with Gasteiger partial charge in [-0.05, 0) is 25.2 Å². The molecule has 0 aliphatic rings. The van der Waals surface area contributed by atoms with Crippen LogP contribution < -0.4 is 0 Å². The highest BCUT2D eigenvalue weighted by molar-refractivity contribution is 5.89. The standard InChI is InChI=1S/C23H44N2O5/c1-9-11-12-13-14-15-16-30-22(27)20(18(5)6)24(7)21(26)19(17(3)4)25(8)23(28)29-10-2/h17-20H,9-16H2,1-8H3. The molecule has 0 aliphatic carbocycles. The summed E-state index contributed by atoms with van der Waals surface area (Å²) >= 11 is 0. The highest BCUT2D eigenvalue weighted by Crippen LogP contribution is 2.19. The molecule has 0 aromatic rings. The number of esters is 1. The Morgan fingerprint density at radius 2 is 1.27 bits per heavy atom. The van der Waals surface area contributed by atoms with Crippen LogP contribution in [0.5, 0.6) is 0 Å². The maximum absolute atomic E-state index is 13.2. The zero-order valence-electron chi connectivity index (χ0n) is 20.4. The monoisotopic (exact) mass is 428 g/mol. The van der Waals surface area contributed by atoms with Gasteiger partial charge in [0.1, 0.15) is 12.1 Å². The van der Waals surface area contributed by atoms with Crippen LogP contribution in [0.1, 0.15) is 80.1 Å². The smallest absolute Gasteiger partial charge is 0.410 e. The van der Waals surface area contributed by atoms with Crippen molar-refractivity contribution in [1.29, 1.82) is 0 Å². The summed E-state index contributed by atoms with van der Waals surface area (Å²) in [5.74, 6) is -0.940. The number of unbranched alkanes of at least 4 members (excludes halogenated alkanes) is 5. The van der Waals surface area contributed by atoms with E-state index in [4.69, 9.17) is 9.47 Å². The number of carbonyl (C=O) groups excluding carboxylic acids is 3. The molecule has 30 heavy (non-hydrogen) atoms. The molecular formula is C23H44N2O5. The topological polar surface area (TPSA) is 76.2 Å². The third-order valence-corrected chi connectivity index (χ3v) is 5.24. The highest BCUT2D eigenvalue weighted by atomic mass is 16.6. The Bertz CT molecular complexity index is 522. The Labute approximate surface area is 183 Å². The number of hydrogen-bond donors (Lipinski definition) is 0. The van der Waals surface area contributed by atoms with Crippen LogP contribution in [-0.4, -0.2) is 67.2 Å². The van der Waals surface area contributed by atoms with Gasteiger partial charge >= 0.3 is 12.1 Å². The number of carbonyl (C=O) groups is 3. The van der Waals surface area contributed by atoms with Crippen LogP contribution in [0.15, 0.2) is 0 Å². The minimum Gasteiger partial charge on any atom is -0.464 e. The Kier molecular flexibility index (Phi) is 14.2. The molecule has 176 valence electrons. The van der Waals surface area contributed by atoms with Crippen LogP contribution in [0.4, 0.5) is 4.79 Å². The summed E-state index contributed by atoms with van der Waals surface area (Å²) in [5.41, 5.74) is 0. The fraction of sp³-hybridized carbons (Fsp3) is 0.870. The van der Waals surface area contributed by atoms with E-state index in [2.05, 4.69) is 6.92 Å². The van der Waals surface area contributed by atoms with Crippen LogP contribution in [0, 0.1) is 11.8 Å². The number of ether oxygens (including phenoxy) is 2. The number of nitrogens with zero attached hydrogens (tertiary/aromatic N) is 2. The number of rotatable bonds is 14. The lowest BCUT2D eigenvalue weighted by Crippen LogP contribution is -2.56. The van der Waals surface area contributed by atoms with Gasteiger partial charge in [0.05, 0.1) is 13.2 Å². The fourth-order valence-corrected chi connectivity index (χ4v) is 3.60. The molecule has 2 amide bonds. The minimum absolute atomic E-state index is 0.114. The largest absolute Gasteiger partial charge is 0.464 e. The highest BCUT2D eigenvalue weighted by Gasteiger charge is 2.38. The van der Waals surface area contributed by atoms with Crippen LogP contribution in [0.2, 0.25) is 0 Å². The molecule has 0 fully saturated rings. The van der Waals surface area contributed by atoms with Gasteiger partial charge in [-0.3, -0.25) is 9.69 Å². The third-order valence-electron chi connectivity index (χ3n) is 5.24. The van der Waals surface area contributed by atoms with E-state index in [1.807, 2.05) is 27.7 Å². The van der Waals surface area contributed by atoms with Gasteiger partial charge in [0.2, 0.25) is 5.91 Å². The van der Waals surface area contributed by atoms with Crippen LogP contribution in [0.25, 0.3) is 0 Å². The van der Waals surface area contributed by atoms with Crippen LogP contribution in [0.3, 0.4) is 0 Å². The van der Waals surface area contributed by atoms with Crippen molar-refractivity contribution < 1.29 is 23.9 Å². The summed E-state index contributed by atoms with van der Waals surface area (Å²) in [5, 5.41) is 0. The first-order valence-corrected chi connectivity index (χ1v) is 11.4. The Morgan fingerprint density at radius 1 is 0.733 bits per heavy atom. The van der Waals surface area contributed by atoms with Crippen molar-refractivity contribution in [2.45, 2.75) is 92.2 Å². The van der Waals surface area contributed by atoms with E-state index >= 15 is 0 Å². The molecule has 2 unspecified atom stereocenters. The van der Waals surface area contributed by atoms with Gasteiger partial charge in [0, 0.05) is 14.1 Å². The molecule has 0 radical (unpaired) electrons. The summed E-state index contributed by atoms with van der Waals surface area (Å²) in [4.78, 5) is 40.9. The molecule has 0 aromatic heterocycles. The second-order valence-electron chi connectivity index (χ2n) is 8.57. The Hall–Kier alpha value is -1.79. The fourth-order valence-electron chi connectivity index (χ4n) is 3.60. The van der Waals surface area contributed by atoms with Crippen molar-refractivity contribution in [3.63, 3.8) is 0 Å². The predicted octanol–water partition coefficient (Wildman–Crippen LogP) is 4.49. The minimum atomic E-state index is -0.721. The zero-order valence-corrected chi connectivity index (χ0v) is 20.4. The summed E-state index contributed by atoms with van der Waals surface area (Å²) < 4.78 is 10.5. The SMILES string of the molecule is CCCCCCCCOC(=O)C(C(C)C)N(C)C(=O)C(C(C)C)N(C)C(=O)OCC. The predicted molar refractivity (Wildman–Crippen MR) is 119 cm³/mol. The molecule has 0 bridgehead atoms. The van der Waals surface area contributed by atoms with Crippen molar-refractivity contribution in [3.8, 4) is 0 Å². The molecule has 7 nitrogen and oxygen atoms in total. The molecule has 0 saturated carbocycles. The summed E-state index contributed by atoms with van der Waals surface area (Å²) in [6.07, 6.45) is 6.11. The lowest BCUT2D eigenvalue weighted by molar-refractivity contribution is -0.158. The normalized spacial score (nSPS) is 13.1. The van der Waals surface area contributed by atoms with E-state index in [-0.39, 0.29) is 24.3 Å². The summed E-state index contributed by atoms with van der Waals surface area (Å²) in [6, 6.07) is -1.42. The average Bonchev–Trinajstić information content (AvgIpc) is 2.66. The quantitative estimate of drug-likeness (QED) is 0.301. The van der Waals surface area contributed by atoms with Crippen molar-refractivity contribution in [3.05, 3.63) is 0 Å². The Balaban J connectivity index is 5.04. The van der Waals surface area contributed by atoms with Gasteiger partial charge in [-0.15, -0.1) is 0 Å². The lowest BCUT2D eigenvalue weighted by Gasteiger charge is -2.36. The molecule has 2 atom stereocenters. The van der Waals surface area contributed by atoms with E-state index in [1.165, 1.54) is 29.1 Å². The molecular weight excluding hydrogens is 384 g/mol. The van der Waals surface area contributed by atoms with Gasteiger partial charge in [0.15, 0.2) is 0 Å². The van der Waals surface area contributed by atoms with Crippen molar-refractivity contribution in [2.75, 3.05) is 27.3 Å². The Morgan fingerprint density at radius 3 is 1.77 bits per heavy atom. The molecule has 0 aliphatic heterocycles. The van der Waals surface area contributed by atoms with E-state index in [0.29, 0.717) is 6.61 Å². The zero-order chi connectivity index (χ0) is 23.3. The second-order valence-corrected chi connectivity index (χ2v) is 8.57. The van der Waals surface area contributed by atoms with E-state index in [9.17, 15) is 14.4 Å². The van der Waals surface area contributed by atoms with Crippen molar-refractivity contribution in [2.24, 2.45) is 11.8 Å². The maximum Gasteiger partial charge on any atom is 0.410 e. The molecule has 7 heteroatoms. The van der Waals surface area contributed by atoms with Crippen molar-refractivity contribution >= 4 is 18.0 Å². The summed E-state index contributed by atoms with van der Waals surface area (Å²) in [7, 11) is 3.16. The van der Waals surface area contributed by atoms with Crippen LogP contribution >= 0.6 is 0 Å². The number of amides is 2. The first-order chi connectivity index (χ1) is 14.1. The molecule has 0 N–H and O–H groups in total. The third kappa shape index (κ3) is 9.35. The molecule has 0 heterocycles. The maximum atomic E-state index is 13.2. The molecule has 0 spiro atoms. The van der Waals surface area contributed by atoms with E-state index in [0.717, 1.165) is 19.3 Å². The van der Waals surface area contributed by atoms with E-state index < -0.39 is 24.1 Å². The number of likely N-dealkylation sites (N-methyl/N-ethyl adjacent to an activating group) is 2. The second kappa shape index (κ2) is 15.1. The van der Waals surface area contributed by atoms with Crippen LogP contribution in [-0.2, 0) is 19.1 Å². The van der Waals surface area contributed by atoms with E-state index in [1.54, 1.807) is 21.0 Å². The van der Waals surface area contributed by atoms with Gasteiger partial charge < -0.3 is 14.4 Å². The average molecular weight is 429 g/mol. The van der Waals surface area contributed by atoms with Gasteiger partial charge in [0.25, 0.3) is 0 Å².